The van der Waals surface area contributed by atoms with Gasteiger partial charge in [0.15, 0.2) is 0 Å². The average molecular weight is 417 g/mol. The largest absolute Gasteiger partial charge is 0.463 e. The molecule has 0 amide bonds. The lowest BCUT2D eigenvalue weighted by Crippen LogP contribution is -2.57. The first kappa shape index (κ1) is 22.0. The maximum atomic E-state index is 13.7. The van der Waals surface area contributed by atoms with E-state index in [1.165, 1.54) is 26.2 Å². The van der Waals surface area contributed by atoms with Crippen LogP contribution in [0.15, 0.2) is 0 Å². The lowest BCUT2D eigenvalue weighted by molar-refractivity contribution is -0.167. The third-order valence-corrected chi connectivity index (χ3v) is 10.3. The number of hydrogen-bond donors (Lipinski definition) is 0. The van der Waals surface area contributed by atoms with Crippen LogP contribution < -0.4 is 0 Å². The molecular weight excluding hydrogens is 376 g/mol. The number of hydrogen-bond acceptors (Lipinski definition) is 4. The van der Waals surface area contributed by atoms with Crippen LogP contribution in [-0.4, -0.2) is 24.1 Å². The first-order valence-electron chi connectivity index (χ1n) is 12.4. The molecule has 0 aromatic carbocycles. The summed E-state index contributed by atoms with van der Waals surface area (Å²) in [4.78, 5) is 36.1. The fourth-order valence-corrected chi connectivity index (χ4v) is 8.74. The van der Waals surface area contributed by atoms with Gasteiger partial charge in [0.05, 0.1) is 0 Å². The number of carbonyl (C=O) groups excluding carboxylic acids is 3. The lowest BCUT2D eigenvalue weighted by Gasteiger charge is -2.60. The van der Waals surface area contributed by atoms with Crippen LogP contribution in [0.5, 0.6) is 0 Å². The van der Waals surface area contributed by atoms with Gasteiger partial charge in [-0.3, -0.25) is 9.59 Å². The van der Waals surface area contributed by atoms with Gasteiger partial charge < -0.3 is 9.53 Å². The Labute approximate surface area is 181 Å². The second-order valence-corrected chi connectivity index (χ2v) is 11.5. The Morgan fingerprint density at radius 1 is 1.17 bits per heavy atom. The van der Waals surface area contributed by atoms with Gasteiger partial charge >= 0.3 is 5.97 Å². The summed E-state index contributed by atoms with van der Waals surface area (Å²) in [6.45, 7) is 8.48. The van der Waals surface area contributed by atoms with Crippen molar-refractivity contribution in [2.75, 3.05) is 0 Å². The molecule has 0 saturated heterocycles. The summed E-state index contributed by atoms with van der Waals surface area (Å²) in [5.74, 6) is 3.43. The Hall–Kier alpha value is -1.19. The number of fused-ring (bicyclic) bond motifs is 5. The van der Waals surface area contributed by atoms with Gasteiger partial charge in [-0.05, 0) is 92.3 Å². The zero-order valence-electron chi connectivity index (χ0n) is 19.3. The molecule has 4 rings (SSSR count). The fraction of sp³-hybridized carbons (Fsp3) is 0.885. The molecule has 4 aliphatic rings. The van der Waals surface area contributed by atoms with E-state index in [0.29, 0.717) is 47.7 Å². The molecule has 0 radical (unpaired) electrons. The van der Waals surface area contributed by atoms with Crippen LogP contribution in [0.1, 0.15) is 91.9 Å². The van der Waals surface area contributed by atoms with Gasteiger partial charge in [0.2, 0.25) is 0 Å². The number of carbonyl (C=O) groups is 3. The second kappa shape index (κ2) is 8.06. The van der Waals surface area contributed by atoms with Gasteiger partial charge in [-0.1, -0.05) is 20.8 Å². The van der Waals surface area contributed by atoms with Gasteiger partial charge in [-0.15, -0.1) is 0 Å². The first-order chi connectivity index (χ1) is 14.2. The molecule has 0 aliphatic heterocycles. The molecule has 9 atom stereocenters. The highest BCUT2D eigenvalue weighted by atomic mass is 16.5. The SMILES string of the molecule is CC(=O)O[C@@H]1CC[C@]2(C)C3CC(=O)[C@@]4(C)C(CCC4[C@H](C)CCC=O)C3CC[C@@H]2C1. The Kier molecular flexibility index (Phi) is 5.91. The molecule has 0 heterocycles. The summed E-state index contributed by atoms with van der Waals surface area (Å²) in [5, 5.41) is 0. The Morgan fingerprint density at radius 2 is 1.93 bits per heavy atom. The van der Waals surface area contributed by atoms with Crippen molar-refractivity contribution in [1.82, 2.24) is 0 Å². The van der Waals surface area contributed by atoms with Crippen molar-refractivity contribution in [2.45, 2.75) is 98.0 Å². The molecule has 0 bridgehead atoms. The predicted octanol–water partition coefficient (Wildman–Crippen LogP) is 5.37. The minimum absolute atomic E-state index is 0.0659. The van der Waals surface area contributed by atoms with E-state index in [1.54, 1.807) is 0 Å². The van der Waals surface area contributed by atoms with Crippen LogP contribution in [0.25, 0.3) is 0 Å². The molecule has 4 unspecified atom stereocenters. The number of esters is 1. The van der Waals surface area contributed by atoms with E-state index in [-0.39, 0.29) is 22.9 Å². The summed E-state index contributed by atoms with van der Waals surface area (Å²) in [6, 6.07) is 0. The normalized spacial score (nSPS) is 46.3. The van der Waals surface area contributed by atoms with Crippen molar-refractivity contribution >= 4 is 18.0 Å². The smallest absolute Gasteiger partial charge is 0.302 e. The summed E-state index contributed by atoms with van der Waals surface area (Å²) >= 11 is 0. The lowest BCUT2D eigenvalue weighted by atomic mass is 9.44. The van der Waals surface area contributed by atoms with Crippen LogP contribution in [0.2, 0.25) is 0 Å². The molecule has 0 spiro atoms. The molecule has 30 heavy (non-hydrogen) atoms. The molecule has 4 aliphatic carbocycles. The second-order valence-electron chi connectivity index (χ2n) is 11.5. The number of aldehydes is 1. The minimum Gasteiger partial charge on any atom is -0.463 e. The molecule has 0 aromatic heterocycles. The van der Waals surface area contributed by atoms with Crippen LogP contribution >= 0.6 is 0 Å². The van der Waals surface area contributed by atoms with Gasteiger partial charge in [0, 0.05) is 25.2 Å². The third kappa shape index (κ3) is 3.37. The highest BCUT2D eigenvalue weighted by molar-refractivity contribution is 5.87. The molecular formula is C26H40O4. The summed E-state index contributed by atoms with van der Waals surface area (Å²) in [5.41, 5.74) is 0.0133. The predicted molar refractivity (Wildman–Crippen MR) is 116 cm³/mol. The van der Waals surface area contributed by atoms with Gasteiger partial charge in [0.25, 0.3) is 0 Å². The number of Topliss-reactive ketones (excluding diaryl/α,β-unsaturated/α-hetero) is 1. The summed E-state index contributed by atoms with van der Waals surface area (Å²) < 4.78 is 5.57. The molecule has 4 saturated carbocycles. The van der Waals surface area contributed by atoms with Crippen molar-refractivity contribution < 1.29 is 19.1 Å². The van der Waals surface area contributed by atoms with Crippen LogP contribution in [0, 0.1) is 46.3 Å². The van der Waals surface area contributed by atoms with Crippen molar-refractivity contribution in [1.29, 1.82) is 0 Å². The van der Waals surface area contributed by atoms with E-state index in [2.05, 4.69) is 20.8 Å². The van der Waals surface area contributed by atoms with Crippen molar-refractivity contribution in [3.63, 3.8) is 0 Å². The zero-order chi connectivity index (χ0) is 21.7. The minimum atomic E-state index is -0.193. The van der Waals surface area contributed by atoms with Crippen molar-refractivity contribution in [3.05, 3.63) is 0 Å². The quantitative estimate of drug-likeness (QED) is 0.446. The standard InChI is InChI=1S/C26H40O4/c1-16(6-5-13-27)21-9-10-22-20-8-7-18-14-19(30-17(2)28)11-12-25(18,3)23(20)15-24(29)26(21,22)4/h13,16,18-23H,5-12,14-15H2,1-4H3/t16-,18-,19-,20?,21?,22?,23?,25+,26-/m1/s1. The fourth-order valence-electron chi connectivity index (χ4n) is 8.74. The number of ketones is 1. The van der Waals surface area contributed by atoms with Gasteiger partial charge in [-0.2, -0.15) is 0 Å². The molecule has 4 heteroatoms. The van der Waals surface area contributed by atoms with Crippen LogP contribution in [0.3, 0.4) is 0 Å². The Morgan fingerprint density at radius 3 is 2.63 bits per heavy atom. The molecule has 0 aromatic rings. The van der Waals surface area contributed by atoms with Crippen LogP contribution in [-0.2, 0) is 19.1 Å². The monoisotopic (exact) mass is 416 g/mol. The maximum absolute atomic E-state index is 13.7. The van der Waals surface area contributed by atoms with Gasteiger partial charge in [-0.25, -0.2) is 0 Å². The number of rotatable bonds is 5. The first-order valence-corrected chi connectivity index (χ1v) is 12.4. The summed E-state index contributed by atoms with van der Waals surface area (Å²) in [6.07, 6.45) is 11.1. The van der Waals surface area contributed by atoms with E-state index in [9.17, 15) is 14.4 Å². The topological polar surface area (TPSA) is 60.4 Å². The third-order valence-electron chi connectivity index (χ3n) is 10.3. The van der Waals surface area contributed by atoms with E-state index in [4.69, 9.17) is 4.74 Å². The van der Waals surface area contributed by atoms with E-state index >= 15 is 0 Å². The number of ether oxygens (including phenoxy) is 1. The molecule has 0 N–H and O–H groups in total. The van der Waals surface area contributed by atoms with E-state index in [1.807, 2.05) is 0 Å². The summed E-state index contributed by atoms with van der Waals surface area (Å²) in [7, 11) is 0. The molecule has 4 nitrogen and oxygen atoms in total. The van der Waals surface area contributed by atoms with Crippen molar-refractivity contribution in [3.8, 4) is 0 Å². The van der Waals surface area contributed by atoms with Crippen LogP contribution in [0.4, 0.5) is 0 Å². The van der Waals surface area contributed by atoms with Crippen molar-refractivity contribution in [2.24, 2.45) is 46.3 Å². The Bertz CT molecular complexity index is 701. The molecule has 4 fully saturated rings. The van der Waals surface area contributed by atoms with Gasteiger partial charge in [0.1, 0.15) is 18.2 Å². The zero-order valence-corrected chi connectivity index (χ0v) is 19.3. The molecule has 168 valence electrons. The highest BCUT2D eigenvalue weighted by Gasteiger charge is 2.64. The average Bonchev–Trinajstić information content (AvgIpc) is 3.06. The highest BCUT2D eigenvalue weighted by Crippen LogP contribution is 2.67. The maximum Gasteiger partial charge on any atom is 0.302 e. The Balaban J connectivity index is 1.54. The van der Waals surface area contributed by atoms with E-state index in [0.717, 1.165) is 44.8 Å². The van der Waals surface area contributed by atoms with E-state index < -0.39 is 0 Å².